The highest BCUT2D eigenvalue weighted by Crippen LogP contribution is 2.23. The number of halogens is 1. The van der Waals surface area contributed by atoms with Crippen LogP contribution in [0.1, 0.15) is 44.7 Å². The maximum absolute atomic E-state index is 12.0. The molecule has 122 valence electrons. The molecule has 1 heterocycles. The largest absolute Gasteiger partial charge is 0.444 e. The normalized spacial score (nSPS) is 16.6. The van der Waals surface area contributed by atoms with Gasteiger partial charge in [0.15, 0.2) is 0 Å². The van der Waals surface area contributed by atoms with E-state index in [9.17, 15) is 4.79 Å². The van der Waals surface area contributed by atoms with Crippen LogP contribution in [0.25, 0.3) is 0 Å². The SMILES string of the molecule is CC(C)(C)OC(=O)N1CCC(Cc2ccc(CBr)cc2)CC1. The fourth-order valence-electron chi connectivity index (χ4n) is 2.74. The Labute approximate surface area is 142 Å². The average Bonchev–Trinajstić information content (AvgIpc) is 2.47. The molecule has 4 heteroatoms. The van der Waals surface area contributed by atoms with Crippen molar-refractivity contribution in [2.75, 3.05) is 13.1 Å². The molecule has 1 fully saturated rings. The van der Waals surface area contributed by atoms with Crippen LogP contribution < -0.4 is 0 Å². The third-order valence-corrected chi connectivity index (χ3v) is 4.62. The molecule has 3 nitrogen and oxygen atoms in total. The predicted molar refractivity (Wildman–Crippen MR) is 93.3 cm³/mol. The Kier molecular flexibility index (Phi) is 5.90. The Balaban J connectivity index is 1.80. The minimum absolute atomic E-state index is 0.173. The number of ether oxygens (including phenoxy) is 1. The summed E-state index contributed by atoms with van der Waals surface area (Å²) in [6.07, 6.45) is 3.04. The van der Waals surface area contributed by atoms with Gasteiger partial charge in [-0.2, -0.15) is 0 Å². The molecule has 0 radical (unpaired) electrons. The molecule has 22 heavy (non-hydrogen) atoms. The summed E-state index contributed by atoms with van der Waals surface area (Å²) in [6.45, 7) is 7.34. The third kappa shape index (κ3) is 5.31. The lowest BCUT2D eigenvalue weighted by atomic mass is 9.90. The van der Waals surface area contributed by atoms with Crippen LogP contribution >= 0.6 is 15.9 Å². The van der Waals surface area contributed by atoms with E-state index in [0.717, 1.165) is 37.7 Å². The molecule has 1 aromatic rings. The van der Waals surface area contributed by atoms with Crippen molar-refractivity contribution in [2.45, 2.75) is 51.0 Å². The van der Waals surface area contributed by atoms with E-state index in [1.54, 1.807) is 0 Å². The Bertz CT molecular complexity index is 485. The number of hydrogen-bond acceptors (Lipinski definition) is 2. The highest BCUT2D eigenvalue weighted by atomic mass is 79.9. The number of hydrogen-bond donors (Lipinski definition) is 0. The molecule has 1 saturated heterocycles. The molecule has 1 aliphatic rings. The zero-order valence-electron chi connectivity index (χ0n) is 13.8. The van der Waals surface area contributed by atoms with Crippen LogP contribution in [0, 0.1) is 5.92 Å². The van der Waals surface area contributed by atoms with Crippen LogP contribution in [-0.2, 0) is 16.5 Å². The fraction of sp³-hybridized carbons (Fsp3) is 0.611. The Morgan fingerprint density at radius 1 is 1.18 bits per heavy atom. The van der Waals surface area contributed by atoms with Crippen molar-refractivity contribution >= 4 is 22.0 Å². The van der Waals surface area contributed by atoms with Crippen molar-refractivity contribution in [3.8, 4) is 0 Å². The number of likely N-dealkylation sites (tertiary alicyclic amines) is 1. The molecular weight excluding hydrogens is 342 g/mol. The molecule has 1 amide bonds. The number of rotatable bonds is 3. The summed E-state index contributed by atoms with van der Waals surface area (Å²) in [5.41, 5.74) is 2.29. The van der Waals surface area contributed by atoms with Crippen LogP contribution in [-0.4, -0.2) is 29.7 Å². The van der Waals surface area contributed by atoms with Crippen molar-refractivity contribution in [1.82, 2.24) is 4.90 Å². The Hall–Kier alpha value is -1.03. The van der Waals surface area contributed by atoms with Crippen molar-refractivity contribution in [2.24, 2.45) is 5.92 Å². The van der Waals surface area contributed by atoms with Gasteiger partial charge in [-0.1, -0.05) is 40.2 Å². The first-order valence-corrected chi connectivity index (χ1v) is 9.11. The molecule has 0 unspecified atom stereocenters. The minimum atomic E-state index is -0.412. The van der Waals surface area contributed by atoms with Gasteiger partial charge in [0.25, 0.3) is 0 Å². The summed E-state index contributed by atoms with van der Waals surface area (Å²) in [5, 5.41) is 0.904. The van der Waals surface area contributed by atoms with Gasteiger partial charge in [0.2, 0.25) is 0 Å². The number of piperidine rings is 1. The van der Waals surface area contributed by atoms with E-state index in [-0.39, 0.29) is 6.09 Å². The van der Waals surface area contributed by atoms with Gasteiger partial charge in [-0.15, -0.1) is 0 Å². The van der Waals surface area contributed by atoms with Crippen LogP contribution in [0.15, 0.2) is 24.3 Å². The quantitative estimate of drug-likeness (QED) is 0.720. The second-order valence-corrected chi connectivity index (χ2v) is 7.63. The van der Waals surface area contributed by atoms with Gasteiger partial charge in [-0.25, -0.2) is 4.79 Å². The maximum Gasteiger partial charge on any atom is 0.410 e. The van der Waals surface area contributed by atoms with Gasteiger partial charge < -0.3 is 9.64 Å². The van der Waals surface area contributed by atoms with E-state index >= 15 is 0 Å². The van der Waals surface area contributed by atoms with Crippen molar-refractivity contribution in [3.63, 3.8) is 0 Å². The van der Waals surface area contributed by atoms with Gasteiger partial charge in [-0.05, 0) is 57.1 Å². The number of benzene rings is 1. The molecule has 0 bridgehead atoms. The van der Waals surface area contributed by atoms with Gasteiger partial charge >= 0.3 is 6.09 Å². The summed E-state index contributed by atoms with van der Waals surface area (Å²) in [7, 11) is 0. The fourth-order valence-corrected chi connectivity index (χ4v) is 3.12. The summed E-state index contributed by atoms with van der Waals surface area (Å²) >= 11 is 3.47. The lowest BCUT2D eigenvalue weighted by Gasteiger charge is -2.33. The monoisotopic (exact) mass is 367 g/mol. The molecule has 2 rings (SSSR count). The highest BCUT2D eigenvalue weighted by Gasteiger charge is 2.26. The summed E-state index contributed by atoms with van der Waals surface area (Å²) in [5.74, 6) is 0.661. The molecule has 1 aliphatic heterocycles. The molecule has 0 aromatic heterocycles. The van der Waals surface area contributed by atoms with Gasteiger partial charge in [0.1, 0.15) is 5.60 Å². The van der Waals surface area contributed by atoms with Crippen molar-refractivity contribution < 1.29 is 9.53 Å². The summed E-state index contributed by atoms with van der Waals surface area (Å²) < 4.78 is 5.44. The first kappa shape index (κ1) is 17.3. The zero-order valence-corrected chi connectivity index (χ0v) is 15.4. The molecule has 0 N–H and O–H groups in total. The number of carbonyl (C=O) groups is 1. The van der Waals surface area contributed by atoms with E-state index in [0.29, 0.717) is 5.92 Å². The third-order valence-electron chi connectivity index (χ3n) is 3.97. The molecular formula is C18H26BrNO2. The van der Waals surface area contributed by atoms with E-state index < -0.39 is 5.60 Å². The standard InChI is InChI=1S/C18H26BrNO2/c1-18(2,3)22-17(21)20-10-8-15(9-11-20)12-14-4-6-16(13-19)7-5-14/h4-7,15H,8-13H2,1-3H3. The predicted octanol–water partition coefficient (Wildman–Crippen LogP) is 4.77. The van der Waals surface area contributed by atoms with E-state index in [4.69, 9.17) is 4.74 Å². The van der Waals surface area contributed by atoms with Crippen LogP contribution in [0.3, 0.4) is 0 Å². The van der Waals surface area contributed by atoms with Crippen molar-refractivity contribution in [1.29, 1.82) is 0 Å². The number of nitrogens with zero attached hydrogens (tertiary/aromatic N) is 1. The lowest BCUT2D eigenvalue weighted by Crippen LogP contribution is -2.42. The molecule has 0 aliphatic carbocycles. The number of carbonyl (C=O) groups excluding carboxylic acids is 1. The van der Waals surface area contributed by atoms with E-state index in [1.807, 2.05) is 25.7 Å². The number of amides is 1. The second-order valence-electron chi connectivity index (χ2n) is 7.07. The number of alkyl halides is 1. The van der Waals surface area contributed by atoms with E-state index in [2.05, 4.69) is 40.2 Å². The maximum atomic E-state index is 12.0. The first-order chi connectivity index (χ1) is 10.4. The lowest BCUT2D eigenvalue weighted by molar-refractivity contribution is 0.0184. The summed E-state index contributed by atoms with van der Waals surface area (Å²) in [6, 6.07) is 8.80. The van der Waals surface area contributed by atoms with E-state index in [1.165, 1.54) is 11.1 Å². The van der Waals surface area contributed by atoms with Crippen LogP contribution in [0.2, 0.25) is 0 Å². The van der Waals surface area contributed by atoms with Crippen LogP contribution in [0.4, 0.5) is 4.79 Å². The average molecular weight is 368 g/mol. The van der Waals surface area contributed by atoms with Crippen LogP contribution in [0.5, 0.6) is 0 Å². The zero-order chi connectivity index (χ0) is 16.2. The van der Waals surface area contributed by atoms with Gasteiger partial charge in [0, 0.05) is 18.4 Å². The van der Waals surface area contributed by atoms with Gasteiger partial charge in [0.05, 0.1) is 0 Å². The summed E-state index contributed by atoms with van der Waals surface area (Å²) in [4.78, 5) is 13.9. The minimum Gasteiger partial charge on any atom is -0.444 e. The van der Waals surface area contributed by atoms with Crippen molar-refractivity contribution in [3.05, 3.63) is 35.4 Å². The molecule has 0 atom stereocenters. The molecule has 0 spiro atoms. The highest BCUT2D eigenvalue weighted by molar-refractivity contribution is 9.08. The topological polar surface area (TPSA) is 29.5 Å². The second kappa shape index (κ2) is 7.49. The Morgan fingerprint density at radius 2 is 1.73 bits per heavy atom. The molecule has 0 saturated carbocycles. The Morgan fingerprint density at radius 3 is 2.23 bits per heavy atom. The molecule has 1 aromatic carbocycles. The first-order valence-electron chi connectivity index (χ1n) is 7.99. The smallest absolute Gasteiger partial charge is 0.410 e. The van der Waals surface area contributed by atoms with Gasteiger partial charge in [-0.3, -0.25) is 0 Å².